The summed E-state index contributed by atoms with van der Waals surface area (Å²) in [5.41, 5.74) is 11.3. The van der Waals surface area contributed by atoms with E-state index in [0.717, 1.165) is 60.9 Å². The molecule has 262 valence electrons. The van der Waals surface area contributed by atoms with Gasteiger partial charge in [0.1, 0.15) is 11.2 Å². The normalized spacial score (nSPS) is 11.6. The summed E-state index contributed by atoms with van der Waals surface area (Å²) in [6, 6.07) is 65.7. The third-order valence-corrected chi connectivity index (χ3v) is 11.7. The monoisotopic (exact) mass is 733 g/mol. The third-order valence-electron chi connectivity index (χ3n) is 10.6. The smallest absolute Gasteiger partial charge is 0.164 e. The van der Waals surface area contributed by atoms with E-state index in [1.54, 1.807) is 0 Å². The van der Waals surface area contributed by atoms with Crippen molar-refractivity contribution in [3.05, 3.63) is 188 Å². The van der Waals surface area contributed by atoms with Crippen molar-refractivity contribution in [3.63, 3.8) is 0 Å². The van der Waals surface area contributed by atoms with Crippen LogP contribution in [0.15, 0.2) is 192 Å². The fourth-order valence-corrected chi connectivity index (χ4v) is 9.00. The van der Waals surface area contributed by atoms with Gasteiger partial charge in [-0.25, -0.2) is 15.0 Å². The average Bonchev–Trinajstić information content (AvgIpc) is 3.85. The minimum atomic E-state index is 0.621. The Labute approximate surface area is 327 Å². The van der Waals surface area contributed by atoms with Crippen LogP contribution < -0.4 is 0 Å². The highest BCUT2D eigenvalue weighted by atomic mass is 32.1. The standard InChI is InChI=1S/C51H31N3OS/c1-3-12-34(13-4-1)49-52-50(35-14-5-2-6-15-35)54-51(53-49)38-17-9-16-37(30-38)40-20-11-22-44-48(40)47-39(19-10-21-43(47)55-44)33-26-24-32(25-27-33)36-28-29-42-41-18-7-8-23-45(41)56-46(42)31-36/h1-31H. The molecule has 5 heteroatoms. The van der Waals surface area contributed by atoms with Crippen LogP contribution in [0.4, 0.5) is 0 Å². The lowest BCUT2D eigenvalue weighted by molar-refractivity contribution is 0.669. The van der Waals surface area contributed by atoms with Gasteiger partial charge in [-0.2, -0.15) is 0 Å². The Bertz CT molecular complexity index is 3180. The first-order chi connectivity index (χ1) is 27.7. The highest BCUT2D eigenvalue weighted by Gasteiger charge is 2.18. The molecule has 0 atom stereocenters. The maximum atomic E-state index is 6.55. The quantitative estimate of drug-likeness (QED) is 0.171. The number of hydrogen-bond acceptors (Lipinski definition) is 5. The SMILES string of the molecule is c1ccc(-c2nc(-c3ccccc3)nc(-c3cccc(-c4cccc5oc6cccc(-c7ccc(-c8ccc9c(c8)sc8ccccc89)cc7)c6c45)c3)n2)cc1. The topological polar surface area (TPSA) is 51.8 Å². The van der Waals surface area contributed by atoms with E-state index in [1.165, 1.54) is 31.3 Å². The van der Waals surface area contributed by atoms with Crippen LogP contribution in [0.3, 0.4) is 0 Å². The summed E-state index contributed by atoms with van der Waals surface area (Å²) in [5.74, 6) is 1.90. The minimum Gasteiger partial charge on any atom is -0.456 e. The Morgan fingerprint density at radius 2 is 0.821 bits per heavy atom. The molecular formula is C51H31N3OS. The Morgan fingerprint density at radius 3 is 1.50 bits per heavy atom. The molecule has 8 aromatic carbocycles. The van der Waals surface area contributed by atoms with E-state index < -0.39 is 0 Å². The molecule has 3 aromatic heterocycles. The third kappa shape index (κ3) is 5.56. The molecule has 0 bridgehead atoms. The van der Waals surface area contributed by atoms with Crippen molar-refractivity contribution < 1.29 is 4.42 Å². The van der Waals surface area contributed by atoms with Crippen LogP contribution in [0.2, 0.25) is 0 Å². The molecule has 0 aliphatic heterocycles. The van der Waals surface area contributed by atoms with Crippen LogP contribution in [0.1, 0.15) is 0 Å². The maximum Gasteiger partial charge on any atom is 0.164 e. The van der Waals surface area contributed by atoms with Crippen molar-refractivity contribution >= 4 is 53.4 Å². The van der Waals surface area contributed by atoms with Crippen molar-refractivity contribution in [1.82, 2.24) is 15.0 Å². The molecule has 4 nitrogen and oxygen atoms in total. The second-order valence-electron chi connectivity index (χ2n) is 14.0. The summed E-state index contributed by atoms with van der Waals surface area (Å²) in [7, 11) is 0. The summed E-state index contributed by atoms with van der Waals surface area (Å²) in [5, 5.41) is 4.81. The van der Waals surface area contributed by atoms with E-state index in [0.29, 0.717) is 17.5 Å². The van der Waals surface area contributed by atoms with E-state index in [1.807, 2.05) is 72.0 Å². The van der Waals surface area contributed by atoms with Gasteiger partial charge in [-0.05, 0) is 63.7 Å². The second kappa shape index (κ2) is 13.3. The molecule has 0 fully saturated rings. The molecule has 0 unspecified atom stereocenters. The lowest BCUT2D eigenvalue weighted by atomic mass is 9.93. The molecule has 11 rings (SSSR count). The molecule has 0 aliphatic rings. The molecule has 3 heterocycles. The first-order valence-electron chi connectivity index (χ1n) is 18.7. The van der Waals surface area contributed by atoms with Gasteiger partial charge in [-0.15, -0.1) is 11.3 Å². The summed E-state index contributed by atoms with van der Waals surface area (Å²) in [6.45, 7) is 0. The molecule has 0 spiro atoms. The van der Waals surface area contributed by atoms with Crippen molar-refractivity contribution in [2.45, 2.75) is 0 Å². The summed E-state index contributed by atoms with van der Waals surface area (Å²) >= 11 is 1.85. The summed E-state index contributed by atoms with van der Waals surface area (Å²) in [6.07, 6.45) is 0. The largest absolute Gasteiger partial charge is 0.456 e. The van der Waals surface area contributed by atoms with E-state index in [2.05, 4.69) is 127 Å². The van der Waals surface area contributed by atoms with Gasteiger partial charge in [0.05, 0.1) is 0 Å². The van der Waals surface area contributed by atoms with Crippen LogP contribution in [0.5, 0.6) is 0 Å². The van der Waals surface area contributed by atoms with Crippen LogP contribution in [-0.4, -0.2) is 15.0 Å². The molecule has 0 aliphatic carbocycles. The highest BCUT2D eigenvalue weighted by Crippen LogP contribution is 2.43. The van der Waals surface area contributed by atoms with Gasteiger partial charge in [0.25, 0.3) is 0 Å². The molecule has 0 saturated carbocycles. The van der Waals surface area contributed by atoms with E-state index >= 15 is 0 Å². The van der Waals surface area contributed by atoms with Crippen molar-refractivity contribution in [1.29, 1.82) is 0 Å². The number of benzene rings is 8. The van der Waals surface area contributed by atoms with Crippen LogP contribution in [0.25, 0.3) is 110 Å². The van der Waals surface area contributed by atoms with Gasteiger partial charge in [-0.1, -0.05) is 158 Å². The zero-order valence-electron chi connectivity index (χ0n) is 30.1. The minimum absolute atomic E-state index is 0.621. The predicted molar refractivity (Wildman–Crippen MR) is 233 cm³/mol. The predicted octanol–water partition coefficient (Wildman–Crippen LogP) is 14.1. The van der Waals surface area contributed by atoms with E-state index in [9.17, 15) is 0 Å². The van der Waals surface area contributed by atoms with Crippen LogP contribution in [-0.2, 0) is 0 Å². The fraction of sp³-hybridized carbons (Fsp3) is 0. The van der Waals surface area contributed by atoms with Gasteiger partial charge in [0, 0.05) is 47.6 Å². The number of nitrogens with zero attached hydrogens (tertiary/aromatic N) is 3. The Hall–Kier alpha value is -7.21. The van der Waals surface area contributed by atoms with Crippen molar-refractivity contribution in [2.24, 2.45) is 0 Å². The number of thiophene rings is 1. The Balaban J connectivity index is 1.01. The van der Waals surface area contributed by atoms with Crippen LogP contribution in [0, 0.1) is 0 Å². The van der Waals surface area contributed by atoms with Gasteiger partial charge < -0.3 is 4.42 Å². The first-order valence-corrected chi connectivity index (χ1v) is 19.5. The van der Waals surface area contributed by atoms with Gasteiger partial charge in [0.2, 0.25) is 0 Å². The zero-order chi connectivity index (χ0) is 37.0. The number of aromatic nitrogens is 3. The van der Waals surface area contributed by atoms with Crippen molar-refractivity contribution in [2.75, 3.05) is 0 Å². The molecule has 11 aromatic rings. The molecule has 0 N–H and O–H groups in total. The fourth-order valence-electron chi connectivity index (χ4n) is 7.86. The van der Waals surface area contributed by atoms with Gasteiger partial charge in [-0.3, -0.25) is 0 Å². The Morgan fingerprint density at radius 1 is 0.321 bits per heavy atom. The average molecular weight is 734 g/mol. The summed E-state index contributed by atoms with van der Waals surface area (Å²) < 4.78 is 9.18. The number of furan rings is 1. The zero-order valence-corrected chi connectivity index (χ0v) is 30.9. The lowest BCUT2D eigenvalue weighted by Gasteiger charge is -2.11. The molecule has 0 radical (unpaired) electrons. The van der Waals surface area contributed by atoms with Crippen molar-refractivity contribution in [3.8, 4) is 67.5 Å². The molecule has 0 saturated heterocycles. The van der Waals surface area contributed by atoms with Gasteiger partial charge in [0.15, 0.2) is 17.5 Å². The highest BCUT2D eigenvalue weighted by molar-refractivity contribution is 7.25. The number of hydrogen-bond donors (Lipinski definition) is 0. The second-order valence-corrected chi connectivity index (χ2v) is 15.0. The molecule has 0 amide bonds. The number of fused-ring (bicyclic) bond motifs is 6. The maximum absolute atomic E-state index is 6.55. The lowest BCUT2D eigenvalue weighted by Crippen LogP contribution is -2.00. The first kappa shape index (κ1) is 32.2. The van der Waals surface area contributed by atoms with Crippen LogP contribution >= 0.6 is 11.3 Å². The van der Waals surface area contributed by atoms with E-state index in [4.69, 9.17) is 19.4 Å². The molecular weight excluding hydrogens is 703 g/mol. The molecule has 56 heavy (non-hydrogen) atoms. The summed E-state index contributed by atoms with van der Waals surface area (Å²) in [4.78, 5) is 14.9. The van der Waals surface area contributed by atoms with E-state index in [-0.39, 0.29) is 0 Å². The number of rotatable bonds is 6. The van der Waals surface area contributed by atoms with Gasteiger partial charge >= 0.3 is 0 Å². The Kier molecular flexibility index (Phi) is 7.64.